The summed E-state index contributed by atoms with van der Waals surface area (Å²) in [7, 11) is 0. The van der Waals surface area contributed by atoms with Crippen LogP contribution in [0.2, 0.25) is 0 Å². The zero-order chi connectivity index (χ0) is 14.2. The average Bonchev–Trinajstić information content (AvgIpc) is 3.32. The molecule has 4 rings (SSSR count). The number of anilines is 3. The standard InChI is InChI=1S/C17H16N4/c18-15-10-16(21-17(20-15)12-8-9-12)19-14-7-3-5-11-4-1-2-6-13(11)14/h1-7,10,12H,8-9H2,(H3,18,19,20,21). The quantitative estimate of drug-likeness (QED) is 0.763. The van der Waals surface area contributed by atoms with E-state index < -0.39 is 0 Å². The van der Waals surface area contributed by atoms with Crippen molar-refractivity contribution in [3.05, 3.63) is 54.4 Å². The van der Waals surface area contributed by atoms with Crippen LogP contribution in [-0.2, 0) is 0 Å². The lowest BCUT2D eigenvalue weighted by atomic mass is 10.1. The number of benzene rings is 2. The molecule has 1 aliphatic rings. The maximum absolute atomic E-state index is 5.90. The highest BCUT2D eigenvalue weighted by Gasteiger charge is 2.27. The van der Waals surface area contributed by atoms with Crippen molar-refractivity contribution in [2.75, 3.05) is 11.1 Å². The fourth-order valence-electron chi connectivity index (χ4n) is 2.55. The van der Waals surface area contributed by atoms with Crippen LogP contribution in [0, 0.1) is 0 Å². The van der Waals surface area contributed by atoms with Crippen LogP contribution < -0.4 is 11.1 Å². The van der Waals surface area contributed by atoms with E-state index in [1.54, 1.807) is 6.07 Å². The molecule has 4 heteroatoms. The van der Waals surface area contributed by atoms with Crippen molar-refractivity contribution >= 4 is 28.1 Å². The predicted molar refractivity (Wildman–Crippen MR) is 85.7 cm³/mol. The van der Waals surface area contributed by atoms with Gasteiger partial charge >= 0.3 is 0 Å². The number of nitrogens with two attached hydrogens (primary N) is 1. The molecule has 3 aromatic rings. The molecular weight excluding hydrogens is 260 g/mol. The number of fused-ring (bicyclic) bond motifs is 1. The molecule has 0 spiro atoms. The summed E-state index contributed by atoms with van der Waals surface area (Å²) in [5.74, 6) is 2.63. The van der Waals surface area contributed by atoms with Crippen LogP contribution >= 0.6 is 0 Å². The number of nitrogens with zero attached hydrogens (tertiary/aromatic N) is 2. The molecule has 0 unspecified atom stereocenters. The fraction of sp³-hybridized carbons (Fsp3) is 0.176. The summed E-state index contributed by atoms with van der Waals surface area (Å²) in [5, 5.41) is 5.75. The van der Waals surface area contributed by atoms with Gasteiger partial charge in [-0.2, -0.15) is 0 Å². The van der Waals surface area contributed by atoms with Crippen molar-refractivity contribution in [2.24, 2.45) is 0 Å². The van der Waals surface area contributed by atoms with E-state index in [0.29, 0.717) is 11.7 Å². The Hall–Kier alpha value is -2.62. The van der Waals surface area contributed by atoms with Crippen LogP contribution in [0.1, 0.15) is 24.6 Å². The van der Waals surface area contributed by atoms with Gasteiger partial charge in [0.25, 0.3) is 0 Å². The highest BCUT2D eigenvalue weighted by molar-refractivity contribution is 5.95. The Morgan fingerprint density at radius 2 is 1.81 bits per heavy atom. The SMILES string of the molecule is Nc1cc(Nc2cccc3ccccc23)nc(C2CC2)n1. The van der Waals surface area contributed by atoms with Gasteiger partial charge in [0.1, 0.15) is 17.5 Å². The van der Waals surface area contributed by atoms with E-state index in [4.69, 9.17) is 5.73 Å². The second kappa shape index (κ2) is 4.74. The smallest absolute Gasteiger partial charge is 0.136 e. The van der Waals surface area contributed by atoms with Gasteiger partial charge < -0.3 is 11.1 Å². The molecule has 0 atom stereocenters. The molecule has 1 saturated carbocycles. The maximum atomic E-state index is 5.90. The summed E-state index contributed by atoms with van der Waals surface area (Å²) in [4.78, 5) is 8.92. The number of aromatic nitrogens is 2. The van der Waals surface area contributed by atoms with E-state index in [9.17, 15) is 0 Å². The Kier molecular flexibility index (Phi) is 2.74. The van der Waals surface area contributed by atoms with Gasteiger partial charge in [0.15, 0.2) is 0 Å². The molecule has 104 valence electrons. The zero-order valence-corrected chi connectivity index (χ0v) is 11.6. The summed E-state index contributed by atoms with van der Waals surface area (Å²) in [5.41, 5.74) is 6.94. The van der Waals surface area contributed by atoms with E-state index in [1.807, 2.05) is 18.2 Å². The van der Waals surface area contributed by atoms with Gasteiger partial charge in [-0.1, -0.05) is 36.4 Å². The van der Waals surface area contributed by atoms with Crippen LogP contribution in [0.25, 0.3) is 10.8 Å². The first-order valence-electron chi connectivity index (χ1n) is 7.19. The van der Waals surface area contributed by atoms with Crippen molar-refractivity contribution in [1.29, 1.82) is 0 Å². The number of hydrogen-bond donors (Lipinski definition) is 2. The fourth-order valence-corrected chi connectivity index (χ4v) is 2.55. The van der Waals surface area contributed by atoms with Gasteiger partial charge in [0.05, 0.1) is 0 Å². The molecule has 21 heavy (non-hydrogen) atoms. The second-order valence-electron chi connectivity index (χ2n) is 5.46. The third-order valence-corrected chi connectivity index (χ3v) is 3.76. The van der Waals surface area contributed by atoms with Crippen molar-refractivity contribution in [1.82, 2.24) is 9.97 Å². The molecule has 3 N–H and O–H groups in total. The first-order valence-corrected chi connectivity index (χ1v) is 7.19. The monoisotopic (exact) mass is 276 g/mol. The van der Waals surface area contributed by atoms with Crippen molar-refractivity contribution in [3.63, 3.8) is 0 Å². The molecule has 0 radical (unpaired) electrons. The lowest BCUT2D eigenvalue weighted by Gasteiger charge is -2.10. The number of hydrogen-bond acceptors (Lipinski definition) is 4. The van der Waals surface area contributed by atoms with Crippen molar-refractivity contribution in [2.45, 2.75) is 18.8 Å². The lowest BCUT2D eigenvalue weighted by Crippen LogP contribution is -2.02. The van der Waals surface area contributed by atoms with E-state index in [-0.39, 0.29) is 0 Å². The Balaban J connectivity index is 1.74. The predicted octanol–water partition coefficient (Wildman–Crippen LogP) is 3.83. The van der Waals surface area contributed by atoms with E-state index in [1.165, 1.54) is 10.8 Å². The van der Waals surface area contributed by atoms with Crippen molar-refractivity contribution in [3.8, 4) is 0 Å². The zero-order valence-electron chi connectivity index (χ0n) is 11.6. The summed E-state index contributed by atoms with van der Waals surface area (Å²) < 4.78 is 0. The van der Waals surface area contributed by atoms with Gasteiger partial charge in [-0.15, -0.1) is 0 Å². The van der Waals surface area contributed by atoms with Gasteiger partial charge in [0, 0.05) is 23.1 Å². The van der Waals surface area contributed by atoms with Gasteiger partial charge in [-0.3, -0.25) is 0 Å². The van der Waals surface area contributed by atoms with Gasteiger partial charge in [-0.05, 0) is 24.3 Å². The Morgan fingerprint density at radius 1 is 1.00 bits per heavy atom. The Bertz CT molecular complexity index is 803. The normalized spacial score (nSPS) is 14.3. The third-order valence-electron chi connectivity index (χ3n) is 3.76. The summed E-state index contributed by atoms with van der Waals surface area (Å²) >= 11 is 0. The molecule has 0 bridgehead atoms. The van der Waals surface area contributed by atoms with Gasteiger partial charge in [0.2, 0.25) is 0 Å². The molecule has 1 heterocycles. The number of nitrogens with one attached hydrogen (secondary N) is 1. The molecule has 0 aliphatic heterocycles. The molecular formula is C17H16N4. The number of nitrogen functional groups attached to an aromatic ring is 1. The van der Waals surface area contributed by atoms with Crippen LogP contribution in [-0.4, -0.2) is 9.97 Å². The average molecular weight is 276 g/mol. The Labute approximate surface area is 123 Å². The molecule has 0 saturated heterocycles. The van der Waals surface area contributed by atoms with Crippen LogP contribution in [0.3, 0.4) is 0 Å². The molecule has 1 aromatic heterocycles. The first-order chi connectivity index (χ1) is 10.3. The lowest BCUT2D eigenvalue weighted by molar-refractivity contribution is 0.936. The van der Waals surface area contributed by atoms with Crippen LogP contribution in [0.4, 0.5) is 17.3 Å². The van der Waals surface area contributed by atoms with E-state index >= 15 is 0 Å². The second-order valence-corrected chi connectivity index (χ2v) is 5.46. The van der Waals surface area contributed by atoms with Crippen LogP contribution in [0.5, 0.6) is 0 Å². The highest BCUT2D eigenvalue weighted by Crippen LogP contribution is 2.39. The summed E-state index contributed by atoms with van der Waals surface area (Å²) in [6, 6.07) is 16.3. The molecule has 1 aliphatic carbocycles. The maximum Gasteiger partial charge on any atom is 0.136 e. The van der Waals surface area contributed by atoms with Crippen molar-refractivity contribution < 1.29 is 0 Å². The highest BCUT2D eigenvalue weighted by atomic mass is 15.1. The topological polar surface area (TPSA) is 63.8 Å². The Morgan fingerprint density at radius 3 is 2.67 bits per heavy atom. The summed E-state index contributed by atoms with van der Waals surface area (Å²) in [6.45, 7) is 0. The molecule has 4 nitrogen and oxygen atoms in total. The molecule has 0 amide bonds. The van der Waals surface area contributed by atoms with E-state index in [0.717, 1.165) is 30.2 Å². The summed E-state index contributed by atoms with van der Waals surface area (Å²) in [6.07, 6.45) is 2.33. The number of rotatable bonds is 3. The first kappa shape index (κ1) is 12.1. The third kappa shape index (κ3) is 2.40. The largest absolute Gasteiger partial charge is 0.384 e. The minimum atomic E-state index is 0.488. The molecule has 2 aromatic carbocycles. The molecule has 1 fully saturated rings. The minimum absolute atomic E-state index is 0.488. The van der Waals surface area contributed by atoms with Gasteiger partial charge in [-0.25, -0.2) is 9.97 Å². The minimum Gasteiger partial charge on any atom is -0.384 e. The van der Waals surface area contributed by atoms with E-state index in [2.05, 4.69) is 39.6 Å². The van der Waals surface area contributed by atoms with Crippen LogP contribution in [0.15, 0.2) is 48.5 Å².